The highest BCUT2D eigenvalue weighted by molar-refractivity contribution is 5.55. The Balaban J connectivity index is 3.04. The van der Waals surface area contributed by atoms with Crippen LogP contribution < -0.4 is 10.6 Å². The number of nitrogens with zero attached hydrogens (tertiary/aromatic N) is 1. The van der Waals surface area contributed by atoms with Gasteiger partial charge < -0.3 is 10.6 Å². The van der Waals surface area contributed by atoms with Gasteiger partial charge in [0.05, 0.1) is 0 Å². The molecule has 0 aliphatic rings. The second-order valence-corrected chi connectivity index (χ2v) is 4.30. The molecule has 1 aromatic rings. The molecule has 0 aromatic heterocycles. The third kappa shape index (κ3) is 4.22. The summed E-state index contributed by atoms with van der Waals surface area (Å²) in [5.74, 6) is 0. The Hall–Kier alpha value is -1.23. The van der Waals surface area contributed by atoms with Gasteiger partial charge in [-0.25, -0.2) is 0 Å². The van der Waals surface area contributed by atoms with Crippen LogP contribution in [0.15, 0.2) is 18.2 Å². The number of hydrogen-bond donors (Lipinski definition) is 1. The van der Waals surface area contributed by atoms with Crippen LogP contribution in [0.1, 0.15) is 18.1 Å². The highest BCUT2D eigenvalue weighted by Gasteiger charge is 2.30. The molecule has 102 valence electrons. The van der Waals surface area contributed by atoms with Crippen molar-refractivity contribution < 1.29 is 13.2 Å². The zero-order valence-electron chi connectivity index (χ0n) is 10.7. The van der Waals surface area contributed by atoms with Crippen LogP contribution in [0.2, 0.25) is 0 Å². The lowest BCUT2D eigenvalue weighted by molar-refractivity contribution is -0.119. The summed E-state index contributed by atoms with van der Waals surface area (Å²) < 4.78 is 37.5. The van der Waals surface area contributed by atoms with Crippen LogP contribution in [0.3, 0.4) is 0 Å². The molecular weight excluding hydrogens is 241 g/mol. The van der Waals surface area contributed by atoms with Crippen molar-refractivity contribution in [1.29, 1.82) is 0 Å². The molecule has 18 heavy (non-hydrogen) atoms. The molecule has 0 saturated carbocycles. The molecule has 0 atom stereocenters. The Morgan fingerprint density at radius 1 is 1.28 bits per heavy atom. The number of anilines is 1. The first-order valence-corrected chi connectivity index (χ1v) is 5.98. The lowest BCUT2D eigenvalue weighted by Crippen LogP contribution is -2.34. The fraction of sp³-hybridized carbons (Fsp3) is 0.538. The van der Waals surface area contributed by atoms with E-state index in [0.29, 0.717) is 25.2 Å². The monoisotopic (exact) mass is 260 g/mol. The Kier molecular flexibility index (Phi) is 5.02. The van der Waals surface area contributed by atoms with Gasteiger partial charge in [-0.05, 0) is 38.4 Å². The maximum Gasteiger partial charge on any atom is 0.405 e. The number of hydrogen-bond acceptors (Lipinski definition) is 2. The minimum Gasteiger partial charge on any atom is -0.363 e. The first kappa shape index (κ1) is 14.8. The summed E-state index contributed by atoms with van der Waals surface area (Å²) in [5, 5.41) is 0. The van der Waals surface area contributed by atoms with Crippen molar-refractivity contribution in [2.75, 3.05) is 24.5 Å². The average molecular weight is 260 g/mol. The van der Waals surface area contributed by atoms with Crippen LogP contribution in [0.25, 0.3) is 0 Å². The van der Waals surface area contributed by atoms with Crippen LogP contribution in [-0.2, 0) is 6.42 Å². The van der Waals surface area contributed by atoms with E-state index in [1.165, 1.54) is 4.90 Å². The first-order valence-electron chi connectivity index (χ1n) is 5.98. The summed E-state index contributed by atoms with van der Waals surface area (Å²) in [5.41, 5.74) is 8.05. The molecule has 0 amide bonds. The van der Waals surface area contributed by atoms with Crippen LogP contribution >= 0.6 is 0 Å². The Labute approximate surface area is 106 Å². The number of alkyl halides is 3. The van der Waals surface area contributed by atoms with Crippen molar-refractivity contribution >= 4 is 5.69 Å². The van der Waals surface area contributed by atoms with Crippen LogP contribution in [0.4, 0.5) is 18.9 Å². The third-order valence-corrected chi connectivity index (χ3v) is 2.74. The van der Waals surface area contributed by atoms with Gasteiger partial charge in [0.25, 0.3) is 0 Å². The van der Waals surface area contributed by atoms with E-state index in [-0.39, 0.29) is 0 Å². The predicted molar refractivity (Wildman–Crippen MR) is 67.9 cm³/mol. The number of rotatable bonds is 5. The van der Waals surface area contributed by atoms with Crippen molar-refractivity contribution in [3.63, 3.8) is 0 Å². The molecule has 0 bridgehead atoms. The molecule has 0 spiro atoms. The van der Waals surface area contributed by atoms with Crippen molar-refractivity contribution in [3.05, 3.63) is 29.3 Å². The highest BCUT2D eigenvalue weighted by Crippen LogP contribution is 2.26. The van der Waals surface area contributed by atoms with Crippen LogP contribution in [0, 0.1) is 6.92 Å². The molecule has 0 radical (unpaired) electrons. The molecule has 2 nitrogen and oxygen atoms in total. The van der Waals surface area contributed by atoms with Gasteiger partial charge in [0, 0.05) is 12.2 Å². The quantitative estimate of drug-likeness (QED) is 0.882. The lowest BCUT2D eigenvalue weighted by Gasteiger charge is -2.27. The van der Waals surface area contributed by atoms with Gasteiger partial charge in [-0.1, -0.05) is 17.7 Å². The van der Waals surface area contributed by atoms with Crippen molar-refractivity contribution in [1.82, 2.24) is 0 Å². The minimum atomic E-state index is -4.19. The maximum atomic E-state index is 12.5. The second-order valence-electron chi connectivity index (χ2n) is 4.30. The molecule has 0 fully saturated rings. The van der Waals surface area contributed by atoms with E-state index >= 15 is 0 Å². The molecule has 0 heterocycles. The van der Waals surface area contributed by atoms with E-state index in [2.05, 4.69) is 0 Å². The third-order valence-electron chi connectivity index (χ3n) is 2.74. The maximum absolute atomic E-state index is 12.5. The normalized spacial score (nSPS) is 11.7. The van der Waals surface area contributed by atoms with Gasteiger partial charge >= 0.3 is 6.18 Å². The lowest BCUT2D eigenvalue weighted by atomic mass is 10.1. The van der Waals surface area contributed by atoms with Gasteiger partial charge in [-0.3, -0.25) is 0 Å². The topological polar surface area (TPSA) is 29.3 Å². The molecule has 2 N–H and O–H groups in total. The fourth-order valence-corrected chi connectivity index (χ4v) is 1.96. The molecule has 1 rings (SSSR count). The zero-order valence-corrected chi connectivity index (χ0v) is 10.7. The van der Waals surface area contributed by atoms with Gasteiger partial charge in [-0.2, -0.15) is 13.2 Å². The highest BCUT2D eigenvalue weighted by atomic mass is 19.4. The average Bonchev–Trinajstić information content (AvgIpc) is 2.26. The standard InChI is InChI=1S/C13H19F3N2/c1-3-18(9-13(14,15)16)12-5-4-10(2)8-11(12)6-7-17/h4-5,8H,3,6-7,9,17H2,1-2H3. The Bertz CT molecular complexity index is 388. The van der Waals surface area contributed by atoms with Gasteiger partial charge in [-0.15, -0.1) is 0 Å². The second kappa shape index (κ2) is 6.09. The zero-order chi connectivity index (χ0) is 13.8. The van der Waals surface area contributed by atoms with E-state index in [0.717, 1.165) is 11.1 Å². The van der Waals surface area contributed by atoms with E-state index < -0.39 is 12.7 Å². The number of nitrogens with two attached hydrogens (primary N) is 1. The fourth-order valence-electron chi connectivity index (χ4n) is 1.96. The molecule has 1 aromatic carbocycles. The molecule has 0 aliphatic carbocycles. The van der Waals surface area contributed by atoms with E-state index in [1.54, 1.807) is 13.0 Å². The van der Waals surface area contributed by atoms with E-state index in [1.807, 2.05) is 19.1 Å². The summed E-state index contributed by atoms with van der Waals surface area (Å²) in [6, 6.07) is 5.48. The van der Waals surface area contributed by atoms with E-state index in [4.69, 9.17) is 5.73 Å². The smallest absolute Gasteiger partial charge is 0.363 e. The van der Waals surface area contributed by atoms with Crippen LogP contribution in [-0.4, -0.2) is 25.8 Å². The number of aryl methyl sites for hydroxylation is 1. The summed E-state index contributed by atoms with van der Waals surface area (Å²) in [6.45, 7) is 3.46. The van der Waals surface area contributed by atoms with Crippen molar-refractivity contribution in [3.8, 4) is 0 Å². The number of halogens is 3. The van der Waals surface area contributed by atoms with Crippen molar-refractivity contribution in [2.24, 2.45) is 5.73 Å². The molecule has 0 unspecified atom stereocenters. The van der Waals surface area contributed by atoms with E-state index in [9.17, 15) is 13.2 Å². The summed E-state index contributed by atoms with van der Waals surface area (Å²) in [4.78, 5) is 1.34. The van der Waals surface area contributed by atoms with Gasteiger partial charge in [0.15, 0.2) is 0 Å². The van der Waals surface area contributed by atoms with Gasteiger partial charge in [0.2, 0.25) is 0 Å². The predicted octanol–water partition coefficient (Wildman–Crippen LogP) is 2.88. The molecule has 0 aliphatic heterocycles. The molecule has 5 heteroatoms. The summed E-state index contributed by atoms with van der Waals surface area (Å²) in [6.07, 6.45) is -3.60. The van der Waals surface area contributed by atoms with Gasteiger partial charge in [0.1, 0.15) is 6.54 Å². The van der Waals surface area contributed by atoms with Crippen molar-refractivity contribution in [2.45, 2.75) is 26.4 Å². The SMILES string of the molecule is CCN(CC(F)(F)F)c1ccc(C)cc1CCN. The first-order chi connectivity index (χ1) is 8.37. The Morgan fingerprint density at radius 3 is 2.44 bits per heavy atom. The Morgan fingerprint density at radius 2 is 1.94 bits per heavy atom. The minimum absolute atomic E-state index is 0.320. The molecule has 0 saturated heterocycles. The van der Waals surface area contributed by atoms with Crippen LogP contribution in [0.5, 0.6) is 0 Å². The summed E-state index contributed by atoms with van der Waals surface area (Å²) >= 11 is 0. The summed E-state index contributed by atoms with van der Waals surface area (Å²) in [7, 11) is 0. The molecular formula is C13H19F3N2. The largest absolute Gasteiger partial charge is 0.405 e. The number of benzene rings is 1.